The van der Waals surface area contributed by atoms with Gasteiger partial charge in [-0.15, -0.1) is 11.6 Å². The summed E-state index contributed by atoms with van der Waals surface area (Å²) in [4.78, 5) is 2.49. The minimum atomic E-state index is 0.758. The molecule has 0 aromatic carbocycles. The molecule has 2 unspecified atom stereocenters. The summed E-state index contributed by atoms with van der Waals surface area (Å²) in [6.45, 7) is 5.63. The quantitative estimate of drug-likeness (QED) is 0.561. The first-order chi connectivity index (χ1) is 4.75. The van der Waals surface area contributed by atoms with Crippen molar-refractivity contribution in [2.75, 3.05) is 12.4 Å². The summed E-state index contributed by atoms with van der Waals surface area (Å²) in [5, 5.41) is 0. The molecule has 10 heavy (non-hydrogen) atoms. The largest absolute Gasteiger partial charge is 0.297 e. The van der Waals surface area contributed by atoms with Gasteiger partial charge in [0.25, 0.3) is 0 Å². The molecule has 2 atom stereocenters. The zero-order valence-corrected chi connectivity index (χ0v) is 7.56. The van der Waals surface area contributed by atoms with Crippen LogP contribution in [0.4, 0.5) is 0 Å². The zero-order chi connectivity index (χ0) is 7.56. The van der Waals surface area contributed by atoms with Crippen LogP contribution in [-0.2, 0) is 0 Å². The monoisotopic (exact) mass is 161 g/mol. The first-order valence-corrected chi connectivity index (χ1v) is 4.61. The average molecular weight is 162 g/mol. The second-order valence-electron chi connectivity index (χ2n) is 3.20. The first-order valence-electron chi connectivity index (χ1n) is 4.07. The molecule has 0 bridgehead atoms. The van der Waals surface area contributed by atoms with Crippen molar-refractivity contribution in [2.45, 2.75) is 38.8 Å². The molecular weight excluding hydrogens is 146 g/mol. The summed E-state index contributed by atoms with van der Waals surface area (Å²) in [5.41, 5.74) is 0. The minimum absolute atomic E-state index is 0.758. The Morgan fingerprint density at radius 1 is 1.30 bits per heavy atom. The van der Waals surface area contributed by atoms with Crippen molar-refractivity contribution in [1.29, 1.82) is 0 Å². The first kappa shape index (κ1) is 8.35. The van der Waals surface area contributed by atoms with Gasteiger partial charge < -0.3 is 0 Å². The van der Waals surface area contributed by atoms with Gasteiger partial charge in [0, 0.05) is 24.5 Å². The highest BCUT2D eigenvalue weighted by Gasteiger charge is 2.25. The number of likely N-dealkylation sites (tertiary alicyclic amines) is 1. The maximum absolute atomic E-state index is 5.67. The van der Waals surface area contributed by atoms with Crippen molar-refractivity contribution >= 4 is 11.6 Å². The third-order valence-corrected chi connectivity index (χ3v) is 2.65. The molecule has 0 N–H and O–H groups in total. The SMILES string of the molecule is CC1CCC(C)N1CCCl. The van der Waals surface area contributed by atoms with Crippen molar-refractivity contribution in [1.82, 2.24) is 4.90 Å². The predicted molar refractivity (Wildman–Crippen MR) is 45.6 cm³/mol. The van der Waals surface area contributed by atoms with E-state index in [4.69, 9.17) is 11.6 Å². The van der Waals surface area contributed by atoms with Crippen LogP contribution in [0, 0.1) is 0 Å². The Bertz CT molecular complexity index is 95.4. The molecule has 0 aliphatic carbocycles. The van der Waals surface area contributed by atoms with Gasteiger partial charge in [0.1, 0.15) is 0 Å². The Labute approximate surface area is 68.4 Å². The fraction of sp³-hybridized carbons (Fsp3) is 1.00. The van der Waals surface area contributed by atoms with Gasteiger partial charge in [0.05, 0.1) is 0 Å². The highest BCUT2D eigenvalue weighted by atomic mass is 35.5. The third-order valence-electron chi connectivity index (χ3n) is 2.48. The van der Waals surface area contributed by atoms with Crippen molar-refractivity contribution in [2.24, 2.45) is 0 Å². The lowest BCUT2D eigenvalue weighted by molar-refractivity contribution is 0.228. The predicted octanol–water partition coefficient (Wildman–Crippen LogP) is 2.10. The van der Waals surface area contributed by atoms with E-state index in [9.17, 15) is 0 Å². The lowest BCUT2D eigenvalue weighted by Gasteiger charge is -2.24. The van der Waals surface area contributed by atoms with Crippen molar-refractivity contribution in [3.8, 4) is 0 Å². The van der Waals surface area contributed by atoms with Crippen LogP contribution >= 0.6 is 11.6 Å². The molecule has 0 aromatic heterocycles. The van der Waals surface area contributed by atoms with Crippen LogP contribution < -0.4 is 0 Å². The van der Waals surface area contributed by atoms with Crippen LogP contribution in [0.15, 0.2) is 0 Å². The van der Waals surface area contributed by atoms with Gasteiger partial charge in [-0.3, -0.25) is 4.90 Å². The van der Waals surface area contributed by atoms with Crippen molar-refractivity contribution in [3.05, 3.63) is 0 Å². The summed E-state index contributed by atoms with van der Waals surface area (Å²) >= 11 is 5.67. The number of nitrogens with zero attached hydrogens (tertiary/aromatic N) is 1. The fourth-order valence-electron chi connectivity index (χ4n) is 1.79. The standard InChI is InChI=1S/C8H16ClN/c1-7-3-4-8(2)10(7)6-5-9/h7-8H,3-6H2,1-2H3. The molecule has 60 valence electrons. The number of rotatable bonds is 2. The van der Waals surface area contributed by atoms with Gasteiger partial charge in [-0.25, -0.2) is 0 Å². The molecule has 1 fully saturated rings. The molecule has 1 aliphatic heterocycles. The number of hydrogen-bond acceptors (Lipinski definition) is 1. The zero-order valence-electron chi connectivity index (χ0n) is 6.81. The number of hydrogen-bond donors (Lipinski definition) is 0. The minimum Gasteiger partial charge on any atom is -0.297 e. The Morgan fingerprint density at radius 2 is 1.80 bits per heavy atom. The van der Waals surface area contributed by atoms with E-state index >= 15 is 0 Å². The molecule has 1 rings (SSSR count). The highest BCUT2D eigenvalue weighted by Crippen LogP contribution is 2.22. The number of halogens is 1. The van der Waals surface area contributed by atoms with Crippen LogP contribution in [0.5, 0.6) is 0 Å². The van der Waals surface area contributed by atoms with E-state index in [2.05, 4.69) is 18.7 Å². The molecule has 0 amide bonds. The third kappa shape index (κ3) is 1.64. The maximum atomic E-state index is 5.67. The molecule has 1 saturated heterocycles. The van der Waals surface area contributed by atoms with Crippen LogP contribution in [0.2, 0.25) is 0 Å². The number of alkyl halides is 1. The lowest BCUT2D eigenvalue weighted by atomic mass is 10.2. The molecule has 1 heterocycles. The maximum Gasteiger partial charge on any atom is 0.0351 e. The molecule has 0 spiro atoms. The summed E-state index contributed by atoms with van der Waals surface area (Å²) in [6, 6.07) is 1.52. The van der Waals surface area contributed by atoms with Gasteiger partial charge in [-0.2, -0.15) is 0 Å². The Morgan fingerprint density at radius 3 is 2.20 bits per heavy atom. The van der Waals surface area contributed by atoms with E-state index in [-0.39, 0.29) is 0 Å². The molecule has 2 heteroatoms. The second-order valence-corrected chi connectivity index (χ2v) is 3.58. The Kier molecular flexibility index (Phi) is 2.99. The van der Waals surface area contributed by atoms with Gasteiger partial charge in [0.15, 0.2) is 0 Å². The summed E-state index contributed by atoms with van der Waals surface area (Å²) in [6.07, 6.45) is 2.69. The fourth-order valence-corrected chi connectivity index (χ4v) is 1.98. The summed E-state index contributed by atoms with van der Waals surface area (Å²) < 4.78 is 0. The second kappa shape index (κ2) is 3.59. The molecule has 0 radical (unpaired) electrons. The van der Waals surface area contributed by atoms with E-state index in [1.54, 1.807) is 0 Å². The van der Waals surface area contributed by atoms with E-state index < -0.39 is 0 Å². The highest BCUT2D eigenvalue weighted by molar-refractivity contribution is 6.18. The summed E-state index contributed by atoms with van der Waals surface area (Å²) in [7, 11) is 0. The van der Waals surface area contributed by atoms with Crippen LogP contribution in [-0.4, -0.2) is 29.4 Å². The van der Waals surface area contributed by atoms with Gasteiger partial charge >= 0.3 is 0 Å². The van der Waals surface area contributed by atoms with E-state index in [0.717, 1.165) is 24.5 Å². The molecule has 0 aromatic rings. The topological polar surface area (TPSA) is 3.24 Å². The summed E-state index contributed by atoms with van der Waals surface area (Å²) in [5.74, 6) is 0.773. The Balaban J connectivity index is 2.38. The smallest absolute Gasteiger partial charge is 0.0351 e. The van der Waals surface area contributed by atoms with E-state index in [1.165, 1.54) is 12.8 Å². The lowest BCUT2D eigenvalue weighted by Crippen LogP contribution is -2.34. The van der Waals surface area contributed by atoms with Gasteiger partial charge in [-0.1, -0.05) is 0 Å². The van der Waals surface area contributed by atoms with Crippen molar-refractivity contribution in [3.63, 3.8) is 0 Å². The van der Waals surface area contributed by atoms with E-state index in [0.29, 0.717) is 0 Å². The van der Waals surface area contributed by atoms with Crippen LogP contribution in [0.1, 0.15) is 26.7 Å². The van der Waals surface area contributed by atoms with E-state index in [1.807, 2.05) is 0 Å². The molecule has 0 saturated carbocycles. The molecule has 1 aliphatic rings. The van der Waals surface area contributed by atoms with Crippen molar-refractivity contribution < 1.29 is 0 Å². The van der Waals surface area contributed by atoms with Crippen LogP contribution in [0.3, 0.4) is 0 Å². The average Bonchev–Trinajstić information content (AvgIpc) is 2.20. The molecular formula is C8H16ClN. The normalized spacial score (nSPS) is 35.1. The van der Waals surface area contributed by atoms with Crippen LogP contribution in [0.25, 0.3) is 0 Å². The van der Waals surface area contributed by atoms with Gasteiger partial charge in [-0.05, 0) is 26.7 Å². The molecule has 1 nitrogen and oxygen atoms in total. The Hall–Kier alpha value is 0.250. The van der Waals surface area contributed by atoms with Gasteiger partial charge in [0.2, 0.25) is 0 Å².